The molecule has 2 aliphatic heterocycles. The van der Waals surface area contributed by atoms with Crippen LogP contribution in [0.25, 0.3) is 4.85 Å². The highest BCUT2D eigenvalue weighted by molar-refractivity contribution is 8.26. The van der Waals surface area contributed by atoms with Gasteiger partial charge in [-0.25, -0.2) is 4.85 Å². The van der Waals surface area contributed by atoms with Crippen LogP contribution >= 0.6 is 47.0 Å². The number of carbonyl (C=O) groups is 2. The Hall–Kier alpha value is -4.34. The van der Waals surface area contributed by atoms with E-state index in [1.54, 1.807) is 48.5 Å². The third-order valence-electron chi connectivity index (χ3n) is 5.83. The van der Waals surface area contributed by atoms with Crippen LogP contribution in [-0.4, -0.2) is 36.2 Å². The van der Waals surface area contributed by atoms with Crippen LogP contribution in [0.3, 0.4) is 0 Å². The highest BCUT2D eigenvalue weighted by atomic mass is 32.2. The lowest BCUT2D eigenvalue weighted by Crippen LogP contribution is -2.14. The molecule has 2 amide bonds. The van der Waals surface area contributed by atoms with Crippen molar-refractivity contribution in [3.8, 4) is 29.1 Å². The third kappa shape index (κ3) is 5.33. The average molecular weight is 635 g/mol. The van der Waals surface area contributed by atoms with Crippen LogP contribution in [0.5, 0.6) is 23.0 Å². The van der Waals surface area contributed by atoms with Crippen LogP contribution in [-0.2, 0) is 9.59 Å². The number of carbonyl (C=O) groups excluding carboxylic acids is 2. The van der Waals surface area contributed by atoms with Gasteiger partial charge < -0.3 is 30.3 Å². The first-order valence-corrected chi connectivity index (χ1v) is 15.1. The van der Waals surface area contributed by atoms with Crippen molar-refractivity contribution in [1.82, 2.24) is 0 Å². The fourth-order valence-electron chi connectivity index (χ4n) is 3.87. The first-order chi connectivity index (χ1) is 20.3. The Morgan fingerprint density at radius 3 is 1.64 bits per heavy atom. The third-order valence-corrected chi connectivity index (χ3v) is 11.0. The first kappa shape index (κ1) is 29.2. The van der Waals surface area contributed by atoms with E-state index in [-0.39, 0.29) is 50.8 Å². The molecule has 2 aliphatic rings. The molecule has 0 radical (unpaired) electrons. The molecule has 0 bridgehead atoms. The topological polar surface area (TPSA) is 145 Å². The Morgan fingerprint density at radius 2 is 1.21 bits per heavy atom. The minimum absolute atomic E-state index is 0.185. The number of rotatable bonds is 6. The smallest absolute Gasteiger partial charge is 0.270 e. The van der Waals surface area contributed by atoms with Crippen LogP contribution < -0.4 is 20.1 Å². The van der Waals surface area contributed by atoms with Crippen molar-refractivity contribution in [3.63, 3.8) is 0 Å². The molecule has 5 rings (SSSR count). The summed E-state index contributed by atoms with van der Waals surface area (Å²) in [6, 6.07) is 15.4. The molecule has 0 saturated carbocycles. The zero-order valence-electron chi connectivity index (χ0n) is 21.7. The Labute approximate surface area is 257 Å². The number of nitriles is 1. The summed E-state index contributed by atoms with van der Waals surface area (Å²) in [7, 11) is 2.93. The molecule has 3 aromatic rings. The van der Waals surface area contributed by atoms with Gasteiger partial charge in [0.25, 0.3) is 17.5 Å². The number of nitrogens with one attached hydrogen (secondary N) is 2. The van der Waals surface area contributed by atoms with Crippen molar-refractivity contribution >= 4 is 70.2 Å². The highest BCUT2D eigenvalue weighted by Crippen LogP contribution is 2.67. The number of benzene rings is 3. The lowest BCUT2D eigenvalue weighted by atomic mass is 10.2. The van der Waals surface area contributed by atoms with Crippen LogP contribution in [0.4, 0.5) is 11.4 Å². The van der Waals surface area contributed by atoms with E-state index >= 15 is 0 Å². The van der Waals surface area contributed by atoms with E-state index in [4.69, 9.17) is 16.0 Å². The molecule has 4 N–H and O–H groups in total. The number of methoxy groups -OCH3 is 2. The molecule has 3 aromatic carbocycles. The summed E-state index contributed by atoms with van der Waals surface area (Å²) < 4.78 is 11.1. The molecule has 0 aliphatic carbocycles. The maximum absolute atomic E-state index is 13.0. The summed E-state index contributed by atoms with van der Waals surface area (Å²) in [6.07, 6.45) is 0. The van der Waals surface area contributed by atoms with Crippen LogP contribution in [0.15, 0.2) is 87.9 Å². The van der Waals surface area contributed by atoms with Crippen molar-refractivity contribution in [1.29, 1.82) is 5.26 Å². The van der Waals surface area contributed by atoms with Gasteiger partial charge in [0, 0.05) is 0 Å². The molecular weight excluding hydrogens is 617 g/mol. The summed E-state index contributed by atoms with van der Waals surface area (Å²) in [5.41, 5.74) is 0.352. The van der Waals surface area contributed by atoms with Crippen LogP contribution in [0.2, 0.25) is 0 Å². The van der Waals surface area contributed by atoms with Crippen molar-refractivity contribution in [2.24, 2.45) is 0 Å². The normalized spacial score (nSPS) is 12.9. The molecule has 14 heteroatoms. The number of fused-ring (bicyclic) bond motifs is 2. The van der Waals surface area contributed by atoms with Gasteiger partial charge in [0.15, 0.2) is 0 Å². The van der Waals surface area contributed by atoms with E-state index in [0.717, 1.165) is 47.0 Å². The monoisotopic (exact) mass is 634 g/mol. The zero-order chi connectivity index (χ0) is 30.0. The van der Waals surface area contributed by atoms with Gasteiger partial charge in [-0.05, 0) is 24.3 Å². The number of ether oxygens (including phenoxy) is 2. The number of phenolic OH excluding ortho intramolecular Hbond substituents is 2. The summed E-state index contributed by atoms with van der Waals surface area (Å²) in [4.78, 5) is 30.5. The van der Waals surface area contributed by atoms with Gasteiger partial charge in [-0.15, -0.1) is 0 Å². The molecule has 42 heavy (non-hydrogen) atoms. The zero-order valence-corrected chi connectivity index (χ0v) is 24.9. The first-order valence-electron chi connectivity index (χ1n) is 11.8. The van der Waals surface area contributed by atoms with E-state index in [0.29, 0.717) is 22.9 Å². The maximum atomic E-state index is 13.0. The number of anilines is 2. The molecule has 0 saturated heterocycles. The molecule has 0 spiro atoms. The Balaban J connectivity index is 1.43. The van der Waals surface area contributed by atoms with E-state index in [1.165, 1.54) is 14.2 Å². The van der Waals surface area contributed by atoms with Gasteiger partial charge in [0.2, 0.25) is 0 Å². The lowest BCUT2D eigenvalue weighted by Gasteiger charge is -2.10. The minimum Gasteiger partial charge on any atom is -0.505 e. The van der Waals surface area contributed by atoms with Crippen LogP contribution in [0.1, 0.15) is 0 Å². The quantitative estimate of drug-likeness (QED) is 0.101. The predicted molar refractivity (Wildman–Crippen MR) is 163 cm³/mol. The predicted octanol–water partition coefficient (Wildman–Crippen LogP) is 6.61. The summed E-state index contributed by atoms with van der Waals surface area (Å²) >= 11 is 3.92. The molecule has 0 unspecified atom stereocenters. The molecule has 2 heterocycles. The molecule has 0 aromatic heterocycles. The van der Waals surface area contributed by atoms with E-state index in [1.807, 2.05) is 6.07 Å². The molecule has 0 atom stereocenters. The lowest BCUT2D eigenvalue weighted by molar-refractivity contribution is -0.113. The van der Waals surface area contributed by atoms with E-state index < -0.39 is 11.8 Å². The van der Waals surface area contributed by atoms with Gasteiger partial charge in [-0.2, -0.15) is 5.26 Å². The minimum atomic E-state index is -0.673. The number of para-hydroxylation sites is 4. The number of hydrogen-bond donors (Lipinski definition) is 4. The van der Waals surface area contributed by atoms with E-state index in [2.05, 4.69) is 15.5 Å². The fraction of sp³-hybridized carbons (Fsp3) is 0.0714. The van der Waals surface area contributed by atoms with Gasteiger partial charge in [0.1, 0.15) is 34.6 Å². The van der Waals surface area contributed by atoms with Crippen molar-refractivity contribution < 1.29 is 29.3 Å². The molecule has 210 valence electrons. The summed E-state index contributed by atoms with van der Waals surface area (Å²) in [6.45, 7) is 7.64. The van der Waals surface area contributed by atoms with Crippen molar-refractivity contribution in [2.75, 3.05) is 24.9 Å². The van der Waals surface area contributed by atoms with Crippen molar-refractivity contribution in [2.45, 2.75) is 19.6 Å². The van der Waals surface area contributed by atoms with Gasteiger partial charge >= 0.3 is 0 Å². The number of aromatic hydroxyl groups is 2. The number of nitrogens with zero attached hydrogens (tertiary/aromatic N) is 2. The number of hydrogen-bond acceptors (Lipinski definition) is 11. The maximum Gasteiger partial charge on any atom is 0.270 e. The number of phenols is 2. The van der Waals surface area contributed by atoms with Gasteiger partial charge in [-0.3, -0.25) is 9.59 Å². The number of thioether (sulfide) groups is 4. The average Bonchev–Trinajstić information content (AvgIpc) is 3.64. The Bertz CT molecular complexity index is 1640. The molecular formula is C28H18N4O6S4. The Kier molecular flexibility index (Phi) is 8.51. The molecule has 10 nitrogen and oxygen atoms in total. The van der Waals surface area contributed by atoms with Gasteiger partial charge in [0.05, 0.1) is 60.2 Å². The fourth-order valence-corrected chi connectivity index (χ4v) is 9.07. The SMILES string of the molecule is [C-]#[N+]C(C(=O)Nc1ccccc1OC)=C1Sc2c(O)c3c(c(O)c2S1)SC(=C(C#N)C(=O)Nc1ccccc1OC)S3. The highest BCUT2D eigenvalue weighted by Gasteiger charge is 2.38. The van der Waals surface area contributed by atoms with E-state index in [9.17, 15) is 25.1 Å². The standard InChI is InChI=1S/C28H18N4O6S4/c1-30-18(26(36)32-15-9-5-7-11-17(15)38-3)28-41-23-19(33)21-22(20(34)24(23)42-28)40-27(39-21)13(12-29)25(35)31-14-8-4-6-10-16(14)37-2/h4-11,33-34H,2-3H3,(H,31,35)(H,32,36). The summed E-state index contributed by atoms with van der Waals surface area (Å²) in [5.74, 6) is -0.869. The van der Waals surface area contributed by atoms with Crippen LogP contribution in [0, 0.1) is 17.9 Å². The Morgan fingerprint density at radius 1 is 0.786 bits per heavy atom. The second-order valence-corrected chi connectivity index (χ2v) is 12.9. The summed E-state index contributed by atoms with van der Waals surface area (Å²) in [5, 5.41) is 37.5. The largest absolute Gasteiger partial charge is 0.505 e. The van der Waals surface area contributed by atoms with Gasteiger partial charge in [-0.1, -0.05) is 71.3 Å². The molecule has 0 fully saturated rings. The number of amides is 2. The van der Waals surface area contributed by atoms with Crippen molar-refractivity contribution in [3.05, 3.63) is 79.7 Å². The second kappa shape index (κ2) is 12.3. The second-order valence-electron chi connectivity index (χ2n) is 8.25.